The molecule has 0 aliphatic carbocycles. The number of halogens is 1. The SMILES string of the molecule is C=C(Cc1cc(OC)c(OC)c(OC)c1)C(=O)OF. The third-order valence-electron chi connectivity index (χ3n) is 2.50. The molecule has 5 nitrogen and oxygen atoms in total. The van der Waals surface area contributed by atoms with Gasteiger partial charge >= 0.3 is 5.97 Å². The number of ether oxygens (including phenoxy) is 3. The summed E-state index contributed by atoms with van der Waals surface area (Å²) in [5.74, 6) is 0.220. The monoisotopic (exact) mass is 270 g/mol. The molecule has 0 aromatic heterocycles. The first kappa shape index (κ1) is 14.8. The van der Waals surface area contributed by atoms with Crippen LogP contribution in [0.1, 0.15) is 5.56 Å². The zero-order valence-electron chi connectivity index (χ0n) is 11.0. The smallest absolute Gasteiger partial charge is 0.375 e. The van der Waals surface area contributed by atoms with Crippen LogP contribution in [0.25, 0.3) is 0 Å². The fourth-order valence-electron chi connectivity index (χ4n) is 1.61. The van der Waals surface area contributed by atoms with E-state index in [1.165, 1.54) is 21.3 Å². The van der Waals surface area contributed by atoms with Crippen LogP contribution in [0, 0.1) is 0 Å². The Morgan fingerprint density at radius 2 is 1.68 bits per heavy atom. The number of benzene rings is 1. The van der Waals surface area contributed by atoms with E-state index in [9.17, 15) is 9.32 Å². The van der Waals surface area contributed by atoms with Crippen LogP contribution in [-0.2, 0) is 16.2 Å². The second kappa shape index (κ2) is 6.63. The summed E-state index contributed by atoms with van der Waals surface area (Å²) >= 11 is 0. The molecule has 0 atom stereocenters. The summed E-state index contributed by atoms with van der Waals surface area (Å²) in [5, 5.41) is 0. The van der Waals surface area contributed by atoms with Gasteiger partial charge in [0.05, 0.1) is 21.3 Å². The van der Waals surface area contributed by atoms with E-state index in [0.717, 1.165) is 0 Å². The standard InChI is InChI=1S/C13H15FO5/c1-8(13(15)19-14)5-9-6-10(16-2)12(18-4)11(7-9)17-3/h6-7H,1,5H2,2-4H3. The molecule has 0 amide bonds. The molecule has 0 unspecified atom stereocenters. The minimum Gasteiger partial charge on any atom is -0.493 e. The summed E-state index contributed by atoms with van der Waals surface area (Å²) in [7, 11) is 4.44. The summed E-state index contributed by atoms with van der Waals surface area (Å²) in [5.41, 5.74) is 0.640. The number of hydrogen-bond donors (Lipinski definition) is 0. The summed E-state index contributed by atoms with van der Waals surface area (Å²) in [6.07, 6.45) is 0.111. The van der Waals surface area contributed by atoms with Gasteiger partial charge in [0.15, 0.2) is 11.5 Å². The van der Waals surface area contributed by atoms with Crippen LogP contribution in [0.3, 0.4) is 0 Å². The molecule has 0 bridgehead atoms. The largest absolute Gasteiger partial charge is 0.493 e. The van der Waals surface area contributed by atoms with E-state index in [0.29, 0.717) is 22.8 Å². The van der Waals surface area contributed by atoms with E-state index < -0.39 is 5.97 Å². The summed E-state index contributed by atoms with van der Waals surface area (Å²) in [6, 6.07) is 3.30. The number of carbonyl (C=O) groups is 1. The number of rotatable bonds is 6. The van der Waals surface area contributed by atoms with Crippen molar-refractivity contribution in [3.63, 3.8) is 0 Å². The van der Waals surface area contributed by atoms with E-state index in [4.69, 9.17) is 14.2 Å². The second-order valence-corrected chi connectivity index (χ2v) is 3.68. The molecule has 0 spiro atoms. The second-order valence-electron chi connectivity index (χ2n) is 3.68. The molecule has 1 aromatic carbocycles. The average molecular weight is 270 g/mol. The van der Waals surface area contributed by atoms with Crippen LogP contribution in [0.2, 0.25) is 0 Å². The molecular formula is C13H15FO5. The van der Waals surface area contributed by atoms with Crippen molar-refractivity contribution in [2.45, 2.75) is 6.42 Å². The average Bonchev–Trinajstić information content (AvgIpc) is 2.44. The third kappa shape index (κ3) is 3.37. The fraction of sp³-hybridized carbons (Fsp3) is 0.308. The Labute approximate surface area is 110 Å². The van der Waals surface area contributed by atoms with Crippen molar-refractivity contribution in [1.29, 1.82) is 0 Å². The third-order valence-corrected chi connectivity index (χ3v) is 2.50. The Morgan fingerprint density at radius 3 is 2.05 bits per heavy atom. The van der Waals surface area contributed by atoms with E-state index in [1.807, 2.05) is 0 Å². The van der Waals surface area contributed by atoms with Gasteiger partial charge in [0.1, 0.15) is 0 Å². The van der Waals surface area contributed by atoms with Gasteiger partial charge in [-0.15, -0.1) is 0 Å². The molecule has 0 aliphatic heterocycles. The van der Waals surface area contributed by atoms with Gasteiger partial charge in [-0.1, -0.05) is 6.58 Å². The van der Waals surface area contributed by atoms with Crippen molar-refractivity contribution in [3.05, 3.63) is 29.8 Å². The van der Waals surface area contributed by atoms with Gasteiger partial charge in [-0.05, 0) is 17.7 Å². The van der Waals surface area contributed by atoms with Gasteiger partial charge in [0.25, 0.3) is 0 Å². The lowest BCUT2D eigenvalue weighted by atomic mass is 10.1. The lowest BCUT2D eigenvalue weighted by Crippen LogP contribution is -2.05. The minimum absolute atomic E-state index is 0.0169. The number of hydrogen-bond acceptors (Lipinski definition) is 5. The molecule has 6 heteroatoms. The van der Waals surface area contributed by atoms with Crippen molar-refractivity contribution in [2.75, 3.05) is 21.3 Å². The van der Waals surface area contributed by atoms with Crippen LogP contribution in [0.15, 0.2) is 24.3 Å². The Hall–Kier alpha value is -2.24. The Balaban J connectivity index is 3.09. The van der Waals surface area contributed by atoms with Crippen LogP contribution >= 0.6 is 0 Å². The van der Waals surface area contributed by atoms with Gasteiger partial charge in [-0.3, -0.25) is 0 Å². The van der Waals surface area contributed by atoms with E-state index in [1.54, 1.807) is 12.1 Å². The van der Waals surface area contributed by atoms with Crippen LogP contribution in [-0.4, -0.2) is 27.3 Å². The van der Waals surface area contributed by atoms with Gasteiger partial charge in [-0.25, -0.2) is 9.74 Å². The molecule has 19 heavy (non-hydrogen) atoms. The Kier molecular flexibility index (Phi) is 5.17. The van der Waals surface area contributed by atoms with E-state index in [2.05, 4.69) is 11.5 Å². The molecule has 0 fully saturated rings. The highest BCUT2D eigenvalue weighted by atomic mass is 19.3. The lowest BCUT2D eigenvalue weighted by Gasteiger charge is -2.14. The molecule has 0 saturated carbocycles. The molecule has 0 N–H and O–H groups in total. The van der Waals surface area contributed by atoms with Crippen molar-refractivity contribution in [3.8, 4) is 17.2 Å². The Morgan fingerprint density at radius 1 is 1.16 bits per heavy atom. The summed E-state index contributed by atoms with van der Waals surface area (Å²) in [4.78, 5) is 14.1. The predicted molar refractivity (Wildman–Crippen MR) is 66.1 cm³/mol. The predicted octanol–water partition coefficient (Wildman–Crippen LogP) is 2.24. The normalized spacial score (nSPS) is 9.68. The highest BCUT2D eigenvalue weighted by Gasteiger charge is 2.16. The summed E-state index contributed by atoms with van der Waals surface area (Å²) < 4.78 is 27.3. The molecule has 1 rings (SSSR count). The highest BCUT2D eigenvalue weighted by molar-refractivity contribution is 5.87. The number of carbonyl (C=O) groups excluding carboxylic acids is 1. The first-order chi connectivity index (χ1) is 9.07. The van der Waals surface area contributed by atoms with E-state index in [-0.39, 0.29) is 12.0 Å². The van der Waals surface area contributed by atoms with Gasteiger partial charge in [0, 0.05) is 16.5 Å². The van der Waals surface area contributed by atoms with Crippen molar-refractivity contribution in [2.24, 2.45) is 0 Å². The van der Waals surface area contributed by atoms with Crippen molar-refractivity contribution < 1.29 is 28.5 Å². The molecule has 0 heterocycles. The molecule has 0 aliphatic rings. The molecule has 0 saturated heterocycles. The lowest BCUT2D eigenvalue weighted by molar-refractivity contribution is -0.178. The van der Waals surface area contributed by atoms with Gasteiger partial charge < -0.3 is 14.2 Å². The van der Waals surface area contributed by atoms with Gasteiger partial charge in [0.2, 0.25) is 5.75 Å². The first-order valence-electron chi connectivity index (χ1n) is 5.37. The van der Waals surface area contributed by atoms with Gasteiger partial charge in [-0.2, -0.15) is 0 Å². The first-order valence-corrected chi connectivity index (χ1v) is 5.37. The van der Waals surface area contributed by atoms with E-state index >= 15 is 0 Å². The fourth-order valence-corrected chi connectivity index (χ4v) is 1.61. The topological polar surface area (TPSA) is 54.0 Å². The molecular weight excluding hydrogens is 255 g/mol. The highest BCUT2D eigenvalue weighted by Crippen LogP contribution is 2.38. The summed E-state index contributed by atoms with van der Waals surface area (Å²) in [6.45, 7) is 3.45. The quantitative estimate of drug-likeness (QED) is 0.742. The zero-order valence-corrected chi connectivity index (χ0v) is 11.0. The number of methoxy groups -OCH3 is 3. The van der Waals surface area contributed by atoms with Crippen molar-refractivity contribution in [1.82, 2.24) is 0 Å². The van der Waals surface area contributed by atoms with Crippen LogP contribution in [0.4, 0.5) is 4.53 Å². The molecule has 0 radical (unpaired) electrons. The molecule has 104 valence electrons. The maximum absolute atomic E-state index is 11.8. The Bertz CT molecular complexity index is 459. The van der Waals surface area contributed by atoms with Crippen molar-refractivity contribution >= 4 is 5.97 Å². The minimum atomic E-state index is -1.10. The maximum Gasteiger partial charge on any atom is 0.375 e. The van der Waals surface area contributed by atoms with Crippen LogP contribution < -0.4 is 14.2 Å². The molecule has 1 aromatic rings. The zero-order chi connectivity index (χ0) is 14.4. The maximum atomic E-state index is 11.8. The van der Waals surface area contributed by atoms with Crippen LogP contribution in [0.5, 0.6) is 17.2 Å².